The van der Waals surface area contributed by atoms with Crippen molar-refractivity contribution in [3.8, 4) is 6.07 Å². The maximum Gasteiger partial charge on any atom is 0.148 e. The molecule has 0 aromatic carbocycles. The molecule has 4 heterocycles. The van der Waals surface area contributed by atoms with Crippen molar-refractivity contribution >= 4 is 11.5 Å². The van der Waals surface area contributed by atoms with E-state index in [1.807, 2.05) is 24.7 Å². The average molecular weight is 371 g/mol. The molecule has 3 aromatic rings. The Balaban J connectivity index is 1.46. The third kappa shape index (κ3) is 4.30. The maximum absolute atomic E-state index is 8.82. The molecule has 1 fully saturated rings. The molecule has 1 saturated heterocycles. The smallest absolute Gasteiger partial charge is 0.148 e. The first-order valence-corrected chi connectivity index (χ1v) is 9.40. The zero-order valence-electron chi connectivity index (χ0n) is 15.5. The zero-order valence-corrected chi connectivity index (χ0v) is 15.5. The van der Waals surface area contributed by atoms with Gasteiger partial charge in [-0.2, -0.15) is 5.26 Å². The van der Waals surface area contributed by atoms with Gasteiger partial charge in [0.2, 0.25) is 0 Å². The number of nitrogens with one attached hydrogen (secondary N) is 1. The van der Waals surface area contributed by atoms with Gasteiger partial charge in [-0.25, -0.2) is 9.97 Å². The highest BCUT2D eigenvalue weighted by molar-refractivity contribution is 5.54. The second-order valence-corrected chi connectivity index (χ2v) is 6.83. The highest BCUT2D eigenvalue weighted by Crippen LogP contribution is 2.31. The Morgan fingerprint density at radius 1 is 1.04 bits per heavy atom. The Kier molecular flexibility index (Phi) is 5.50. The number of pyridine rings is 2. The molecule has 7 heteroatoms. The van der Waals surface area contributed by atoms with E-state index in [4.69, 9.17) is 5.26 Å². The number of hydrogen-bond donors (Lipinski definition) is 1. The molecule has 0 amide bonds. The fourth-order valence-corrected chi connectivity index (χ4v) is 3.49. The van der Waals surface area contributed by atoms with Crippen molar-refractivity contribution in [1.82, 2.24) is 24.8 Å². The maximum atomic E-state index is 8.82. The summed E-state index contributed by atoms with van der Waals surface area (Å²) in [6.45, 7) is 1.96. The minimum atomic E-state index is 0.278. The molecule has 1 aliphatic rings. The minimum absolute atomic E-state index is 0.278. The summed E-state index contributed by atoms with van der Waals surface area (Å²) in [7, 11) is 0. The Labute approximate surface area is 164 Å². The van der Waals surface area contributed by atoms with Crippen LogP contribution in [0, 0.1) is 11.3 Å². The molecule has 0 saturated carbocycles. The molecule has 3 aromatic heterocycles. The molecule has 1 atom stereocenters. The van der Waals surface area contributed by atoms with Gasteiger partial charge in [0.1, 0.15) is 17.6 Å². The van der Waals surface area contributed by atoms with Crippen LogP contribution in [0.15, 0.2) is 55.2 Å². The van der Waals surface area contributed by atoms with Gasteiger partial charge < -0.3 is 5.32 Å². The van der Waals surface area contributed by atoms with Crippen molar-refractivity contribution in [2.75, 3.05) is 11.9 Å². The molecular formula is C21H21N7. The van der Waals surface area contributed by atoms with Crippen LogP contribution in [-0.4, -0.2) is 31.4 Å². The molecule has 140 valence electrons. The van der Waals surface area contributed by atoms with Crippen LogP contribution < -0.4 is 5.32 Å². The summed E-state index contributed by atoms with van der Waals surface area (Å²) in [6, 6.07) is 9.89. The van der Waals surface area contributed by atoms with Gasteiger partial charge in [-0.3, -0.25) is 14.9 Å². The van der Waals surface area contributed by atoms with Gasteiger partial charge in [-0.1, -0.05) is 6.42 Å². The van der Waals surface area contributed by atoms with Crippen LogP contribution in [0.25, 0.3) is 0 Å². The van der Waals surface area contributed by atoms with E-state index in [0.717, 1.165) is 30.9 Å². The molecule has 7 nitrogen and oxygen atoms in total. The summed E-state index contributed by atoms with van der Waals surface area (Å²) in [5.74, 6) is 0.659. The zero-order chi connectivity index (χ0) is 19.2. The van der Waals surface area contributed by atoms with Crippen LogP contribution in [0.1, 0.15) is 42.3 Å². The number of rotatable bonds is 5. The Bertz CT molecular complexity index is 933. The van der Waals surface area contributed by atoms with E-state index in [2.05, 4.69) is 42.3 Å². The SMILES string of the molecule is N#Cc1ccc(Nc2cnc([C@H]3CCCCN3Cc3ccncc3)cn2)cn1. The van der Waals surface area contributed by atoms with Gasteiger partial charge in [-0.15, -0.1) is 0 Å². The van der Waals surface area contributed by atoms with Crippen molar-refractivity contribution in [1.29, 1.82) is 5.26 Å². The monoisotopic (exact) mass is 371 g/mol. The molecule has 4 rings (SSSR count). The number of anilines is 2. The number of nitriles is 1. The molecular weight excluding hydrogens is 350 g/mol. The molecule has 0 unspecified atom stereocenters. The summed E-state index contributed by atoms with van der Waals surface area (Å²) in [6.07, 6.45) is 12.4. The van der Waals surface area contributed by atoms with E-state index < -0.39 is 0 Å². The first kappa shape index (κ1) is 18.0. The van der Waals surface area contributed by atoms with Crippen LogP contribution >= 0.6 is 0 Å². The predicted molar refractivity (Wildman–Crippen MR) is 106 cm³/mol. The third-order valence-electron chi connectivity index (χ3n) is 4.91. The lowest BCUT2D eigenvalue weighted by atomic mass is 9.99. The summed E-state index contributed by atoms with van der Waals surface area (Å²) in [4.78, 5) is 19.8. The lowest BCUT2D eigenvalue weighted by molar-refractivity contribution is 0.137. The lowest BCUT2D eigenvalue weighted by Crippen LogP contribution is -2.33. The fraction of sp³-hybridized carbons (Fsp3) is 0.286. The van der Waals surface area contributed by atoms with E-state index >= 15 is 0 Å². The van der Waals surface area contributed by atoms with Crippen molar-refractivity contribution < 1.29 is 0 Å². The van der Waals surface area contributed by atoms with Crippen molar-refractivity contribution in [3.63, 3.8) is 0 Å². The number of aromatic nitrogens is 4. The molecule has 1 aliphatic heterocycles. The number of hydrogen-bond acceptors (Lipinski definition) is 7. The van der Waals surface area contributed by atoms with E-state index in [9.17, 15) is 0 Å². The van der Waals surface area contributed by atoms with Gasteiger partial charge in [0.15, 0.2) is 0 Å². The van der Waals surface area contributed by atoms with Gasteiger partial charge in [0, 0.05) is 18.9 Å². The van der Waals surface area contributed by atoms with E-state index in [1.165, 1.54) is 18.4 Å². The molecule has 0 radical (unpaired) electrons. The number of likely N-dealkylation sites (tertiary alicyclic amines) is 1. The first-order chi connectivity index (χ1) is 13.8. The highest BCUT2D eigenvalue weighted by atomic mass is 15.2. The van der Waals surface area contributed by atoms with Crippen molar-refractivity contribution in [2.24, 2.45) is 0 Å². The molecule has 28 heavy (non-hydrogen) atoms. The van der Waals surface area contributed by atoms with Gasteiger partial charge in [-0.05, 0) is 49.2 Å². The summed E-state index contributed by atoms with van der Waals surface area (Å²) in [5.41, 5.74) is 3.43. The van der Waals surface area contributed by atoms with Crippen LogP contribution in [0.2, 0.25) is 0 Å². The predicted octanol–water partition coefficient (Wildman–Crippen LogP) is 3.61. The van der Waals surface area contributed by atoms with Crippen LogP contribution in [0.4, 0.5) is 11.5 Å². The molecule has 0 spiro atoms. The standard InChI is InChI=1S/C21H21N7/c22-11-17-4-5-18(12-24-17)27-21-14-25-19(13-26-21)20-3-1-2-10-28(20)15-16-6-8-23-9-7-16/h4-9,12-14,20H,1-3,10,15H2,(H,26,27)/t20-/m1/s1. The Morgan fingerprint density at radius 2 is 1.93 bits per heavy atom. The number of piperidine rings is 1. The van der Waals surface area contributed by atoms with Crippen molar-refractivity contribution in [2.45, 2.75) is 31.8 Å². The topological polar surface area (TPSA) is 90.6 Å². The van der Waals surface area contributed by atoms with E-state index in [1.54, 1.807) is 24.5 Å². The normalized spacial score (nSPS) is 17.0. The average Bonchev–Trinajstić information content (AvgIpc) is 2.76. The second-order valence-electron chi connectivity index (χ2n) is 6.83. The van der Waals surface area contributed by atoms with Gasteiger partial charge >= 0.3 is 0 Å². The fourth-order valence-electron chi connectivity index (χ4n) is 3.49. The van der Waals surface area contributed by atoms with Crippen LogP contribution in [0.3, 0.4) is 0 Å². The Hall–Kier alpha value is -3.37. The largest absolute Gasteiger partial charge is 0.338 e. The van der Waals surface area contributed by atoms with E-state index in [0.29, 0.717) is 11.5 Å². The van der Waals surface area contributed by atoms with Gasteiger partial charge in [0.05, 0.1) is 36.0 Å². The third-order valence-corrected chi connectivity index (χ3v) is 4.91. The van der Waals surface area contributed by atoms with Crippen LogP contribution in [0.5, 0.6) is 0 Å². The summed E-state index contributed by atoms with van der Waals surface area (Å²) < 4.78 is 0. The molecule has 1 N–H and O–H groups in total. The quantitative estimate of drug-likeness (QED) is 0.732. The second kappa shape index (κ2) is 8.55. The van der Waals surface area contributed by atoms with Gasteiger partial charge in [0.25, 0.3) is 0 Å². The molecule has 0 aliphatic carbocycles. The first-order valence-electron chi connectivity index (χ1n) is 9.40. The van der Waals surface area contributed by atoms with E-state index in [-0.39, 0.29) is 6.04 Å². The lowest BCUT2D eigenvalue weighted by Gasteiger charge is -2.35. The highest BCUT2D eigenvalue weighted by Gasteiger charge is 2.25. The molecule has 0 bridgehead atoms. The number of nitrogens with zero attached hydrogens (tertiary/aromatic N) is 6. The minimum Gasteiger partial charge on any atom is -0.338 e. The summed E-state index contributed by atoms with van der Waals surface area (Å²) >= 11 is 0. The van der Waals surface area contributed by atoms with Crippen LogP contribution in [-0.2, 0) is 6.54 Å². The Morgan fingerprint density at radius 3 is 2.64 bits per heavy atom. The van der Waals surface area contributed by atoms with Crippen molar-refractivity contribution in [3.05, 3.63) is 72.2 Å². The summed E-state index contributed by atoms with van der Waals surface area (Å²) in [5, 5.41) is 12.0.